The molecule has 0 unspecified atom stereocenters. The van der Waals surface area contributed by atoms with Crippen LogP contribution in [0.1, 0.15) is 0 Å². The topological polar surface area (TPSA) is 81.7 Å². The second-order valence-electron chi connectivity index (χ2n) is 9.38. The highest BCUT2D eigenvalue weighted by molar-refractivity contribution is 5.94. The fraction of sp³-hybridized carbons (Fsp3) is 0.222. The molecule has 8 heteroatoms. The Morgan fingerprint density at radius 1 is 0.743 bits per heavy atom. The molecule has 0 spiro atoms. The molecular formula is C27H26N8. The predicted octanol–water partition coefficient (Wildman–Crippen LogP) is 4.41. The Labute approximate surface area is 202 Å². The van der Waals surface area contributed by atoms with Gasteiger partial charge in [0.1, 0.15) is 11.5 Å². The van der Waals surface area contributed by atoms with Gasteiger partial charge in [-0.15, -0.1) is 0 Å². The maximum atomic E-state index is 4.92. The zero-order valence-corrected chi connectivity index (χ0v) is 19.8. The maximum Gasteiger partial charge on any atom is 0.159 e. The molecule has 0 bridgehead atoms. The molecule has 0 amide bonds. The molecule has 4 heterocycles. The molecule has 0 radical (unpaired) electrons. The van der Waals surface area contributed by atoms with Gasteiger partial charge in [0.25, 0.3) is 0 Å². The number of aryl methyl sites for hydroxylation is 1. The lowest BCUT2D eigenvalue weighted by Gasteiger charge is -2.34. The molecule has 6 aromatic rings. The van der Waals surface area contributed by atoms with E-state index in [1.807, 2.05) is 23.9 Å². The molecule has 7 rings (SSSR count). The summed E-state index contributed by atoms with van der Waals surface area (Å²) in [5.74, 6) is 1.63. The van der Waals surface area contributed by atoms with Crippen molar-refractivity contribution in [3.8, 4) is 22.9 Å². The van der Waals surface area contributed by atoms with E-state index in [2.05, 4.69) is 75.3 Å². The number of benzene rings is 3. The Balaban J connectivity index is 1.24. The first-order valence-electron chi connectivity index (χ1n) is 12.0. The highest BCUT2D eigenvalue weighted by Crippen LogP contribution is 2.30. The Bertz CT molecular complexity index is 1700. The molecule has 3 aromatic carbocycles. The van der Waals surface area contributed by atoms with Crippen LogP contribution in [0, 0.1) is 0 Å². The second kappa shape index (κ2) is 7.68. The molecule has 1 aliphatic rings. The fourth-order valence-corrected chi connectivity index (χ4v) is 5.05. The van der Waals surface area contributed by atoms with Crippen molar-refractivity contribution in [1.29, 1.82) is 0 Å². The normalized spacial score (nSPS) is 15.1. The zero-order chi connectivity index (χ0) is 23.5. The van der Waals surface area contributed by atoms with Crippen LogP contribution in [0.15, 0.2) is 60.7 Å². The van der Waals surface area contributed by atoms with E-state index in [0.717, 1.165) is 82.1 Å². The van der Waals surface area contributed by atoms with Crippen molar-refractivity contribution in [3.63, 3.8) is 0 Å². The van der Waals surface area contributed by atoms with Crippen molar-refractivity contribution in [1.82, 2.24) is 34.6 Å². The van der Waals surface area contributed by atoms with Gasteiger partial charge in [-0.2, -0.15) is 5.10 Å². The number of para-hydroxylation sites is 1. The number of anilines is 1. The quantitative estimate of drug-likeness (QED) is 0.407. The molecule has 2 N–H and O–H groups in total. The number of rotatable bonds is 3. The SMILES string of the molecule is CN1CCN(c2ccc3[nH]c(-c4ccc5[nH]c(-c6nn(C)c7ccccc67)nc5c4)nc3c2)CC1. The summed E-state index contributed by atoms with van der Waals surface area (Å²) in [6.07, 6.45) is 0. The van der Waals surface area contributed by atoms with Crippen LogP contribution in [0.3, 0.4) is 0 Å². The number of fused-ring (bicyclic) bond motifs is 3. The summed E-state index contributed by atoms with van der Waals surface area (Å²) in [6, 6.07) is 21.0. The first-order valence-corrected chi connectivity index (χ1v) is 12.0. The Kier molecular flexibility index (Phi) is 4.44. The summed E-state index contributed by atoms with van der Waals surface area (Å²) < 4.78 is 1.90. The van der Waals surface area contributed by atoms with Crippen LogP contribution < -0.4 is 4.90 Å². The van der Waals surface area contributed by atoms with E-state index in [9.17, 15) is 0 Å². The monoisotopic (exact) mass is 462 g/mol. The van der Waals surface area contributed by atoms with E-state index >= 15 is 0 Å². The third-order valence-electron chi connectivity index (χ3n) is 7.07. The summed E-state index contributed by atoms with van der Waals surface area (Å²) in [4.78, 5) is 21.5. The molecular weight excluding hydrogens is 436 g/mol. The van der Waals surface area contributed by atoms with Crippen molar-refractivity contribution < 1.29 is 0 Å². The van der Waals surface area contributed by atoms with Crippen LogP contribution >= 0.6 is 0 Å². The number of aromatic nitrogens is 6. The molecule has 8 nitrogen and oxygen atoms in total. The van der Waals surface area contributed by atoms with Crippen LogP contribution in [0.2, 0.25) is 0 Å². The van der Waals surface area contributed by atoms with E-state index in [1.165, 1.54) is 5.69 Å². The number of hydrogen-bond donors (Lipinski definition) is 2. The van der Waals surface area contributed by atoms with Crippen LogP contribution in [0.5, 0.6) is 0 Å². The summed E-state index contributed by atoms with van der Waals surface area (Å²) in [5, 5.41) is 5.80. The Morgan fingerprint density at radius 2 is 1.46 bits per heavy atom. The van der Waals surface area contributed by atoms with Gasteiger partial charge in [-0.25, -0.2) is 9.97 Å². The molecule has 35 heavy (non-hydrogen) atoms. The minimum atomic E-state index is 0.773. The lowest BCUT2D eigenvalue weighted by atomic mass is 10.2. The van der Waals surface area contributed by atoms with Crippen LogP contribution in [0.4, 0.5) is 5.69 Å². The number of piperazine rings is 1. The maximum absolute atomic E-state index is 4.92. The van der Waals surface area contributed by atoms with E-state index in [1.54, 1.807) is 0 Å². The Morgan fingerprint density at radius 3 is 2.31 bits per heavy atom. The van der Waals surface area contributed by atoms with Crippen molar-refractivity contribution in [2.24, 2.45) is 7.05 Å². The summed E-state index contributed by atoms with van der Waals surface area (Å²) in [6.45, 7) is 4.26. The summed E-state index contributed by atoms with van der Waals surface area (Å²) in [7, 11) is 4.14. The first kappa shape index (κ1) is 20.2. The number of nitrogens with one attached hydrogen (secondary N) is 2. The minimum Gasteiger partial charge on any atom is -0.369 e. The van der Waals surface area contributed by atoms with Gasteiger partial charge in [-0.3, -0.25) is 4.68 Å². The standard InChI is InChI=1S/C27H26N8/c1-33-11-13-35(14-12-33)18-8-10-21-23(16-18)30-26(28-21)17-7-9-20-22(15-17)31-27(29-20)25-19-5-3-4-6-24(19)34(2)32-25/h3-10,15-16H,11-14H2,1-2H3,(H,28,30)(H,29,31). The van der Waals surface area contributed by atoms with Gasteiger partial charge in [0.15, 0.2) is 5.82 Å². The van der Waals surface area contributed by atoms with Gasteiger partial charge >= 0.3 is 0 Å². The minimum absolute atomic E-state index is 0.773. The predicted molar refractivity (Wildman–Crippen MR) is 141 cm³/mol. The number of likely N-dealkylation sites (N-methyl/N-ethyl adjacent to an activating group) is 1. The average Bonchev–Trinajstić information content (AvgIpc) is 3.58. The molecule has 1 saturated heterocycles. The third-order valence-corrected chi connectivity index (χ3v) is 7.07. The van der Waals surface area contributed by atoms with Crippen LogP contribution in [-0.4, -0.2) is 67.8 Å². The lowest BCUT2D eigenvalue weighted by Crippen LogP contribution is -2.44. The molecule has 1 aliphatic heterocycles. The number of nitrogens with zero attached hydrogens (tertiary/aromatic N) is 6. The van der Waals surface area contributed by atoms with E-state index in [0.29, 0.717) is 0 Å². The first-order chi connectivity index (χ1) is 17.1. The smallest absolute Gasteiger partial charge is 0.159 e. The van der Waals surface area contributed by atoms with Gasteiger partial charge in [0.2, 0.25) is 0 Å². The average molecular weight is 463 g/mol. The van der Waals surface area contributed by atoms with E-state index in [4.69, 9.17) is 15.1 Å². The number of aromatic amines is 2. The largest absolute Gasteiger partial charge is 0.369 e. The van der Waals surface area contributed by atoms with Gasteiger partial charge in [0, 0.05) is 49.9 Å². The molecule has 0 atom stereocenters. The van der Waals surface area contributed by atoms with Gasteiger partial charge in [-0.1, -0.05) is 18.2 Å². The van der Waals surface area contributed by atoms with Gasteiger partial charge in [-0.05, 0) is 49.5 Å². The van der Waals surface area contributed by atoms with Crippen LogP contribution in [0.25, 0.3) is 55.9 Å². The number of imidazole rings is 2. The Hall–Kier alpha value is -4.17. The van der Waals surface area contributed by atoms with Crippen molar-refractivity contribution >= 4 is 38.7 Å². The van der Waals surface area contributed by atoms with Crippen molar-refractivity contribution in [3.05, 3.63) is 60.7 Å². The zero-order valence-electron chi connectivity index (χ0n) is 19.8. The van der Waals surface area contributed by atoms with Gasteiger partial charge < -0.3 is 19.8 Å². The molecule has 0 aliphatic carbocycles. The highest BCUT2D eigenvalue weighted by atomic mass is 15.3. The van der Waals surface area contributed by atoms with Crippen molar-refractivity contribution in [2.75, 3.05) is 38.1 Å². The molecule has 1 fully saturated rings. The number of hydrogen-bond acceptors (Lipinski definition) is 5. The summed E-state index contributed by atoms with van der Waals surface area (Å²) in [5.41, 5.74) is 8.10. The fourth-order valence-electron chi connectivity index (χ4n) is 5.05. The molecule has 0 saturated carbocycles. The summed E-state index contributed by atoms with van der Waals surface area (Å²) >= 11 is 0. The lowest BCUT2D eigenvalue weighted by molar-refractivity contribution is 0.313. The number of H-pyrrole nitrogens is 2. The molecule has 174 valence electrons. The molecule has 3 aromatic heterocycles. The van der Waals surface area contributed by atoms with Gasteiger partial charge in [0.05, 0.1) is 27.6 Å². The van der Waals surface area contributed by atoms with Crippen LogP contribution in [-0.2, 0) is 7.05 Å². The van der Waals surface area contributed by atoms with E-state index < -0.39 is 0 Å². The van der Waals surface area contributed by atoms with Crippen molar-refractivity contribution in [2.45, 2.75) is 0 Å². The third kappa shape index (κ3) is 3.37. The highest BCUT2D eigenvalue weighted by Gasteiger charge is 2.17. The van der Waals surface area contributed by atoms with E-state index in [-0.39, 0.29) is 0 Å². The second-order valence-corrected chi connectivity index (χ2v) is 9.38.